The first-order chi connectivity index (χ1) is 14.8. The van der Waals surface area contributed by atoms with Crippen LogP contribution in [0.5, 0.6) is 0 Å². The number of carbonyl (C=O) groups excluding carboxylic acids is 4. The van der Waals surface area contributed by atoms with Gasteiger partial charge in [-0.3, -0.25) is 24.0 Å². The predicted octanol–water partition coefficient (Wildman–Crippen LogP) is -3.37. The van der Waals surface area contributed by atoms with Crippen LogP contribution in [-0.2, 0) is 28.8 Å². The molecule has 32 heavy (non-hydrogen) atoms. The fourth-order valence-electron chi connectivity index (χ4n) is 2.46. The smallest absolute Gasteiger partial charge is 0.328 e. The molecule has 0 fully saturated rings. The molecule has 14 heteroatoms. The molecule has 5 atom stereocenters. The van der Waals surface area contributed by atoms with Crippen molar-refractivity contribution in [2.45, 2.75) is 63.7 Å². The fourth-order valence-corrected chi connectivity index (χ4v) is 2.46. The number of carboxylic acid groups (broad SMARTS) is 2. The molecule has 0 aromatic heterocycles. The second kappa shape index (κ2) is 13.9. The molecular formula is C18H31N5O9. The molecule has 14 nitrogen and oxygen atoms in total. The second-order valence-corrected chi connectivity index (χ2v) is 7.22. The van der Waals surface area contributed by atoms with Crippen molar-refractivity contribution in [2.24, 2.45) is 17.4 Å². The summed E-state index contributed by atoms with van der Waals surface area (Å²) >= 11 is 0. The minimum absolute atomic E-state index is 0.243. The van der Waals surface area contributed by atoms with Crippen LogP contribution in [0, 0.1) is 5.92 Å². The Morgan fingerprint density at radius 2 is 1.38 bits per heavy atom. The number of rotatable bonds is 15. The van der Waals surface area contributed by atoms with Crippen molar-refractivity contribution in [3.63, 3.8) is 0 Å². The third kappa shape index (κ3) is 10.2. The highest BCUT2D eigenvalue weighted by Gasteiger charge is 2.31. The third-order valence-electron chi connectivity index (χ3n) is 4.68. The molecule has 0 saturated heterocycles. The number of primary amides is 1. The molecule has 4 amide bonds. The Bertz CT molecular complexity index is 715. The summed E-state index contributed by atoms with van der Waals surface area (Å²) in [6.45, 7) is 2.56. The second-order valence-electron chi connectivity index (χ2n) is 7.22. The zero-order valence-electron chi connectivity index (χ0n) is 17.9. The summed E-state index contributed by atoms with van der Waals surface area (Å²) in [5.41, 5.74) is 10.9. The number of hydrogen-bond acceptors (Lipinski definition) is 8. The molecule has 0 spiro atoms. The normalized spacial score (nSPS) is 15.4. The largest absolute Gasteiger partial charge is 0.481 e. The van der Waals surface area contributed by atoms with Crippen LogP contribution in [0.2, 0.25) is 0 Å². The zero-order valence-corrected chi connectivity index (χ0v) is 17.9. The summed E-state index contributed by atoms with van der Waals surface area (Å²) < 4.78 is 0. The molecule has 0 heterocycles. The summed E-state index contributed by atoms with van der Waals surface area (Å²) in [6.07, 6.45) is -1.07. The standard InChI is InChI=1S/C18H31N5O9/c1-3-8(2)14(20)17(30)22-10(6-12(19)25)16(29)21-9(4-5-13(26)27)15(28)23-11(7-24)18(31)32/h8-11,14,24H,3-7,20H2,1-2H3,(H2,19,25)(H,21,29)(H,22,30)(H,23,28)(H,26,27)(H,31,32). The molecule has 0 aromatic rings. The van der Waals surface area contributed by atoms with Crippen molar-refractivity contribution in [2.75, 3.05) is 6.61 Å². The first-order valence-corrected chi connectivity index (χ1v) is 9.84. The van der Waals surface area contributed by atoms with Gasteiger partial charge in [0.25, 0.3) is 0 Å². The van der Waals surface area contributed by atoms with E-state index in [9.17, 15) is 28.8 Å². The Morgan fingerprint density at radius 3 is 1.81 bits per heavy atom. The average Bonchev–Trinajstić information content (AvgIpc) is 2.71. The van der Waals surface area contributed by atoms with Crippen molar-refractivity contribution in [1.82, 2.24) is 16.0 Å². The number of carbonyl (C=O) groups is 6. The van der Waals surface area contributed by atoms with Crippen LogP contribution in [-0.4, -0.2) is 81.7 Å². The summed E-state index contributed by atoms with van der Waals surface area (Å²) in [5, 5.41) is 33.3. The molecule has 0 saturated carbocycles. The minimum Gasteiger partial charge on any atom is -0.481 e. The summed E-state index contributed by atoms with van der Waals surface area (Å²) in [5.74, 6) is -6.89. The van der Waals surface area contributed by atoms with Crippen molar-refractivity contribution >= 4 is 35.6 Å². The van der Waals surface area contributed by atoms with Crippen LogP contribution < -0.4 is 27.4 Å². The molecule has 0 aliphatic rings. The maximum atomic E-state index is 12.7. The number of carboxylic acids is 2. The number of amides is 4. The molecule has 0 bridgehead atoms. The molecule has 0 aromatic carbocycles. The topological polar surface area (TPSA) is 251 Å². The van der Waals surface area contributed by atoms with Crippen LogP contribution in [0.15, 0.2) is 0 Å². The lowest BCUT2D eigenvalue weighted by Crippen LogP contribution is -2.58. The highest BCUT2D eigenvalue weighted by Crippen LogP contribution is 2.07. The summed E-state index contributed by atoms with van der Waals surface area (Å²) in [4.78, 5) is 70.6. The van der Waals surface area contributed by atoms with Gasteiger partial charge in [-0.25, -0.2) is 4.79 Å². The molecule has 5 unspecified atom stereocenters. The molecular weight excluding hydrogens is 430 g/mol. The van der Waals surface area contributed by atoms with Gasteiger partial charge in [-0.05, 0) is 12.3 Å². The SMILES string of the molecule is CCC(C)C(N)C(=O)NC(CC(N)=O)C(=O)NC(CCC(=O)O)C(=O)NC(CO)C(=O)O. The summed E-state index contributed by atoms with van der Waals surface area (Å²) in [6, 6.07) is -5.73. The van der Waals surface area contributed by atoms with Gasteiger partial charge in [0.1, 0.15) is 18.1 Å². The van der Waals surface area contributed by atoms with E-state index in [4.69, 9.17) is 26.8 Å². The fraction of sp³-hybridized carbons (Fsp3) is 0.667. The van der Waals surface area contributed by atoms with E-state index >= 15 is 0 Å². The first-order valence-electron chi connectivity index (χ1n) is 9.84. The Balaban J connectivity index is 5.54. The Labute approximate surface area is 184 Å². The Hall–Kier alpha value is -3.26. The molecule has 0 aliphatic carbocycles. The third-order valence-corrected chi connectivity index (χ3v) is 4.68. The zero-order chi connectivity index (χ0) is 25.0. The van der Waals surface area contributed by atoms with Gasteiger partial charge in [0, 0.05) is 6.42 Å². The number of aliphatic hydroxyl groups excluding tert-OH is 1. The number of aliphatic carboxylic acids is 2. The lowest BCUT2D eigenvalue weighted by molar-refractivity contribution is -0.144. The highest BCUT2D eigenvalue weighted by atomic mass is 16.4. The molecule has 0 rings (SSSR count). The van der Waals surface area contributed by atoms with Gasteiger partial charge < -0.3 is 42.7 Å². The summed E-state index contributed by atoms with van der Waals surface area (Å²) in [7, 11) is 0. The van der Waals surface area contributed by atoms with Gasteiger partial charge in [-0.2, -0.15) is 0 Å². The van der Waals surface area contributed by atoms with Crippen molar-refractivity contribution in [1.29, 1.82) is 0 Å². The van der Waals surface area contributed by atoms with Crippen LogP contribution in [0.3, 0.4) is 0 Å². The van der Waals surface area contributed by atoms with Crippen molar-refractivity contribution in [3.05, 3.63) is 0 Å². The monoisotopic (exact) mass is 461 g/mol. The van der Waals surface area contributed by atoms with Crippen LogP contribution >= 0.6 is 0 Å². The van der Waals surface area contributed by atoms with E-state index in [0.29, 0.717) is 6.42 Å². The van der Waals surface area contributed by atoms with Gasteiger partial charge in [-0.1, -0.05) is 20.3 Å². The molecule has 182 valence electrons. The maximum absolute atomic E-state index is 12.7. The van der Waals surface area contributed by atoms with Gasteiger partial charge in [0.05, 0.1) is 19.1 Å². The molecule has 10 N–H and O–H groups in total. The first kappa shape index (κ1) is 28.7. The minimum atomic E-state index is -1.69. The van der Waals surface area contributed by atoms with E-state index in [1.165, 1.54) is 0 Å². The molecule has 0 aliphatic heterocycles. The van der Waals surface area contributed by atoms with Gasteiger partial charge in [-0.15, -0.1) is 0 Å². The predicted molar refractivity (Wildman–Crippen MR) is 109 cm³/mol. The number of nitrogens with one attached hydrogen (secondary N) is 3. The lowest BCUT2D eigenvalue weighted by atomic mass is 9.99. The maximum Gasteiger partial charge on any atom is 0.328 e. The average molecular weight is 461 g/mol. The number of hydrogen-bond donors (Lipinski definition) is 8. The highest BCUT2D eigenvalue weighted by molar-refractivity contribution is 5.96. The van der Waals surface area contributed by atoms with Gasteiger partial charge >= 0.3 is 11.9 Å². The van der Waals surface area contributed by atoms with E-state index in [1.54, 1.807) is 13.8 Å². The molecule has 0 radical (unpaired) electrons. The number of aliphatic hydroxyl groups is 1. The van der Waals surface area contributed by atoms with Crippen molar-refractivity contribution < 1.29 is 44.1 Å². The van der Waals surface area contributed by atoms with E-state index in [1.807, 2.05) is 5.32 Å². The van der Waals surface area contributed by atoms with E-state index in [2.05, 4.69) is 10.6 Å². The van der Waals surface area contributed by atoms with E-state index in [0.717, 1.165) is 0 Å². The van der Waals surface area contributed by atoms with Crippen molar-refractivity contribution in [3.8, 4) is 0 Å². The lowest BCUT2D eigenvalue weighted by Gasteiger charge is -2.25. The van der Waals surface area contributed by atoms with Gasteiger partial charge in [0.2, 0.25) is 23.6 Å². The van der Waals surface area contributed by atoms with Crippen LogP contribution in [0.4, 0.5) is 0 Å². The van der Waals surface area contributed by atoms with E-state index < -0.39 is 85.6 Å². The quantitative estimate of drug-likeness (QED) is 0.120. The Kier molecular flexibility index (Phi) is 12.5. The Morgan fingerprint density at radius 1 is 0.875 bits per heavy atom. The van der Waals surface area contributed by atoms with E-state index in [-0.39, 0.29) is 5.92 Å². The number of nitrogens with two attached hydrogens (primary N) is 2. The van der Waals surface area contributed by atoms with Crippen LogP contribution in [0.1, 0.15) is 39.5 Å². The van der Waals surface area contributed by atoms with Gasteiger partial charge in [0.15, 0.2) is 0 Å². The van der Waals surface area contributed by atoms with Crippen LogP contribution in [0.25, 0.3) is 0 Å².